The van der Waals surface area contributed by atoms with E-state index in [4.69, 9.17) is 4.74 Å². The summed E-state index contributed by atoms with van der Waals surface area (Å²) < 4.78 is 5.17. The largest absolute Gasteiger partial charge is 0.463 e. The fourth-order valence-corrected chi connectivity index (χ4v) is 2.71. The van der Waals surface area contributed by atoms with Gasteiger partial charge in [-0.1, -0.05) is 20.8 Å². The number of hydrogen-bond acceptors (Lipinski definition) is 4. The Hall–Kier alpha value is -1.56. The van der Waals surface area contributed by atoms with E-state index in [2.05, 4.69) is 29.4 Å². The van der Waals surface area contributed by atoms with Crippen LogP contribution >= 0.6 is 0 Å². The zero-order valence-corrected chi connectivity index (χ0v) is 14.2. The molecule has 0 aromatic rings. The molecule has 1 aliphatic heterocycles. The fourth-order valence-electron chi connectivity index (χ4n) is 2.71. The Kier molecular flexibility index (Phi) is 7.95. The van der Waals surface area contributed by atoms with Gasteiger partial charge < -0.3 is 15.4 Å². The van der Waals surface area contributed by atoms with Crippen molar-refractivity contribution in [1.82, 2.24) is 15.5 Å². The molecule has 0 aliphatic carbocycles. The van der Waals surface area contributed by atoms with Gasteiger partial charge in [0.05, 0.1) is 18.2 Å². The van der Waals surface area contributed by atoms with Gasteiger partial charge in [0.25, 0.3) is 0 Å². The van der Waals surface area contributed by atoms with Gasteiger partial charge in [-0.25, -0.2) is 9.59 Å². The maximum atomic E-state index is 12.3. The van der Waals surface area contributed by atoms with Crippen LogP contribution in [0.2, 0.25) is 0 Å². The second-order valence-corrected chi connectivity index (χ2v) is 5.45. The van der Waals surface area contributed by atoms with Crippen LogP contribution in [0.5, 0.6) is 0 Å². The number of carbonyl (C=O) groups is 2. The Balaban J connectivity index is 3.06. The van der Waals surface area contributed by atoms with E-state index >= 15 is 0 Å². The highest BCUT2D eigenvalue weighted by molar-refractivity contribution is 5.94. The van der Waals surface area contributed by atoms with E-state index in [0.717, 1.165) is 25.9 Å². The molecule has 2 N–H and O–H groups in total. The minimum absolute atomic E-state index is 0.247. The third-order valence-corrected chi connectivity index (χ3v) is 3.61. The summed E-state index contributed by atoms with van der Waals surface area (Å²) in [5.41, 5.74) is 1.23. The third-order valence-electron chi connectivity index (χ3n) is 3.61. The van der Waals surface area contributed by atoms with Gasteiger partial charge >= 0.3 is 12.0 Å². The number of carbonyl (C=O) groups excluding carboxylic acids is 2. The van der Waals surface area contributed by atoms with Crippen LogP contribution in [0, 0.1) is 0 Å². The van der Waals surface area contributed by atoms with Gasteiger partial charge in [-0.2, -0.15) is 0 Å². The Labute approximate surface area is 133 Å². The van der Waals surface area contributed by atoms with E-state index in [1.54, 1.807) is 6.92 Å². The summed E-state index contributed by atoms with van der Waals surface area (Å²) in [5, 5.41) is 5.60. The third kappa shape index (κ3) is 5.02. The Morgan fingerprint density at radius 3 is 2.32 bits per heavy atom. The van der Waals surface area contributed by atoms with Crippen LogP contribution in [0.1, 0.15) is 47.0 Å². The first kappa shape index (κ1) is 18.5. The maximum Gasteiger partial charge on any atom is 0.337 e. The van der Waals surface area contributed by atoms with Crippen LogP contribution in [-0.2, 0) is 9.53 Å². The zero-order valence-electron chi connectivity index (χ0n) is 14.2. The number of ether oxygens (including phenoxy) is 1. The molecule has 1 atom stereocenters. The first-order chi connectivity index (χ1) is 10.6. The normalized spacial score (nSPS) is 18.2. The Morgan fingerprint density at radius 1 is 1.18 bits per heavy atom. The molecule has 0 aromatic carbocycles. The van der Waals surface area contributed by atoms with E-state index in [1.165, 1.54) is 0 Å². The van der Waals surface area contributed by atoms with Crippen molar-refractivity contribution < 1.29 is 14.3 Å². The van der Waals surface area contributed by atoms with Gasteiger partial charge in [-0.05, 0) is 39.3 Å². The SMILES string of the molecule is CCCN(CCC)CC1=C(C(=O)OCC)C(CC)NC(=O)N1. The van der Waals surface area contributed by atoms with Crippen LogP contribution in [-0.4, -0.2) is 49.2 Å². The van der Waals surface area contributed by atoms with Gasteiger partial charge in [-0.15, -0.1) is 0 Å². The molecule has 1 aliphatic rings. The van der Waals surface area contributed by atoms with E-state index in [9.17, 15) is 9.59 Å². The first-order valence-corrected chi connectivity index (χ1v) is 8.27. The molecule has 0 saturated carbocycles. The molecule has 6 nitrogen and oxygen atoms in total. The summed E-state index contributed by atoms with van der Waals surface area (Å²) >= 11 is 0. The maximum absolute atomic E-state index is 12.3. The number of nitrogens with one attached hydrogen (secondary N) is 2. The van der Waals surface area contributed by atoms with Gasteiger partial charge in [0, 0.05) is 12.2 Å². The lowest BCUT2D eigenvalue weighted by Gasteiger charge is -2.31. The van der Waals surface area contributed by atoms with Gasteiger partial charge in [0.15, 0.2) is 0 Å². The van der Waals surface area contributed by atoms with Crippen molar-refractivity contribution in [2.75, 3.05) is 26.2 Å². The molecule has 1 heterocycles. The summed E-state index contributed by atoms with van der Waals surface area (Å²) in [7, 11) is 0. The predicted molar refractivity (Wildman–Crippen MR) is 86.4 cm³/mol. The second kappa shape index (κ2) is 9.46. The standard InChI is InChI=1S/C16H29N3O3/c1-5-9-19(10-6-2)11-13-14(15(20)22-8-4)12(7-3)17-16(21)18-13/h12H,5-11H2,1-4H3,(H2,17,18,21). The summed E-state index contributed by atoms with van der Waals surface area (Å²) in [6.07, 6.45) is 2.73. The lowest BCUT2D eigenvalue weighted by atomic mass is 10.00. The summed E-state index contributed by atoms with van der Waals surface area (Å²) in [6.45, 7) is 10.8. The number of amides is 2. The average Bonchev–Trinajstić information content (AvgIpc) is 2.47. The van der Waals surface area contributed by atoms with Gasteiger partial charge in [-0.3, -0.25) is 4.90 Å². The number of rotatable bonds is 9. The highest BCUT2D eigenvalue weighted by atomic mass is 16.5. The van der Waals surface area contributed by atoms with Crippen molar-refractivity contribution >= 4 is 12.0 Å². The highest BCUT2D eigenvalue weighted by Crippen LogP contribution is 2.18. The summed E-state index contributed by atoms with van der Waals surface area (Å²) in [4.78, 5) is 26.4. The number of esters is 1. The molecular formula is C16H29N3O3. The zero-order chi connectivity index (χ0) is 16.5. The van der Waals surface area contributed by atoms with Crippen molar-refractivity contribution in [3.05, 3.63) is 11.3 Å². The van der Waals surface area contributed by atoms with Crippen molar-refractivity contribution in [2.45, 2.75) is 53.0 Å². The van der Waals surface area contributed by atoms with Crippen LogP contribution in [0.4, 0.5) is 4.79 Å². The quantitative estimate of drug-likeness (QED) is 0.639. The molecule has 126 valence electrons. The highest BCUT2D eigenvalue weighted by Gasteiger charge is 2.31. The Bertz CT molecular complexity index is 415. The van der Waals surface area contributed by atoms with Crippen LogP contribution in [0.15, 0.2) is 11.3 Å². The summed E-state index contributed by atoms with van der Waals surface area (Å²) in [5.74, 6) is -0.343. The van der Waals surface area contributed by atoms with E-state index in [-0.39, 0.29) is 18.0 Å². The van der Waals surface area contributed by atoms with E-state index in [0.29, 0.717) is 30.8 Å². The van der Waals surface area contributed by atoms with Crippen molar-refractivity contribution in [3.63, 3.8) is 0 Å². The molecule has 0 saturated heterocycles. The topological polar surface area (TPSA) is 70.7 Å². The molecule has 0 aromatic heterocycles. The minimum Gasteiger partial charge on any atom is -0.463 e. The number of hydrogen-bond donors (Lipinski definition) is 2. The molecular weight excluding hydrogens is 282 g/mol. The van der Waals surface area contributed by atoms with Crippen LogP contribution < -0.4 is 10.6 Å². The molecule has 22 heavy (non-hydrogen) atoms. The van der Waals surface area contributed by atoms with Crippen molar-refractivity contribution in [1.29, 1.82) is 0 Å². The van der Waals surface area contributed by atoms with E-state index in [1.807, 2.05) is 6.92 Å². The van der Waals surface area contributed by atoms with Gasteiger partial charge in [0.2, 0.25) is 0 Å². The molecule has 0 radical (unpaired) electrons. The van der Waals surface area contributed by atoms with Crippen molar-refractivity contribution in [2.24, 2.45) is 0 Å². The second-order valence-electron chi connectivity index (χ2n) is 5.45. The lowest BCUT2D eigenvalue weighted by Crippen LogP contribution is -2.52. The lowest BCUT2D eigenvalue weighted by molar-refractivity contribution is -0.139. The summed E-state index contributed by atoms with van der Waals surface area (Å²) in [6, 6.07) is -0.532. The molecule has 1 unspecified atom stereocenters. The van der Waals surface area contributed by atoms with Gasteiger partial charge in [0.1, 0.15) is 0 Å². The van der Waals surface area contributed by atoms with Crippen LogP contribution in [0.25, 0.3) is 0 Å². The monoisotopic (exact) mass is 311 g/mol. The minimum atomic E-state index is -0.343. The van der Waals surface area contributed by atoms with Crippen LogP contribution in [0.3, 0.4) is 0 Å². The van der Waals surface area contributed by atoms with E-state index < -0.39 is 0 Å². The van der Waals surface area contributed by atoms with Crippen molar-refractivity contribution in [3.8, 4) is 0 Å². The Morgan fingerprint density at radius 2 is 1.82 bits per heavy atom. The first-order valence-electron chi connectivity index (χ1n) is 8.27. The predicted octanol–water partition coefficient (Wildman–Crippen LogP) is 2.02. The molecule has 2 amide bonds. The number of nitrogens with zero attached hydrogens (tertiary/aromatic N) is 1. The molecule has 1 rings (SSSR count). The molecule has 0 fully saturated rings. The number of urea groups is 1. The molecule has 6 heteroatoms. The molecule has 0 bridgehead atoms. The molecule has 0 spiro atoms. The fraction of sp³-hybridized carbons (Fsp3) is 0.750. The average molecular weight is 311 g/mol. The smallest absolute Gasteiger partial charge is 0.337 e.